The van der Waals surface area contributed by atoms with Crippen LogP contribution in [0.5, 0.6) is 0 Å². The van der Waals surface area contributed by atoms with Crippen LogP contribution in [-0.2, 0) is 0 Å². The molecule has 16 heavy (non-hydrogen) atoms. The zero-order chi connectivity index (χ0) is 11.5. The van der Waals surface area contributed by atoms with Crippen molar-refractivity contribution in [2.45, 2.75) is 19.8 Å². The van der Waals surface area contributed by atoms with E-state index in [9.17, 15) is 0 Å². The highest BCUT2D eigenvalue weighted by atomic mass is 32.1. The molecule has 0 spiro atoms. The van der Waals surface area contributed by atoms with Crippen molar-refractivity contribution < 1.29 is 0 Å². The molecule has 0 unspecified atom stereocenters. The van der Waals surface area contributed by atoms with Gasteiger partial charge >= 0.3 is 0 Å². The third kappa shape index (κ3) is 2.27. The highest BCUT2D eigenvalue weighted by Gasteiger charge is 2.15. The monoisotopic (exact) mass is 235 g/mol. The van der Waals surface area contributed by atoms with E-state index in [1.807, 2.05) is 12.1 Å². The van der Waals surface area contributed by atoms with E-state index in [1.54, 1.807) is 0 Å². The summed E-state index contributed by atoms with van der Waals surface area (Å²) in [6.07, 6.45) is 2.57. The second kappa shape index (κ2) is 4.70. The molecule has 1 aliphatic heterocycles. The molecular weight excluding hydrogens is 218 g/mol. The number of benzene rings is 1. The predicted octanol–water partition coefficient (Wildman–Crippen LogP) is 2.25. The van der Waals surface area contributed by atoms with Crippen LogP contribution in [0.25, 0.3) is 0 Å². The van der Waals surface area contributed by atoms with Crippen molar-refractivity contribution >= 4 is 28.7 Å². The first-order chi connectivity index (χ1) is 7.68. The van der Waals surface area contributed by atoms with Crippen molar-refractivity contribution in [3.05, 3.63) is 23.8 Å². The molecule has 0 saturated carbocycles. The molecular formula is C12H17N3S. The largest absolute Gasteiger partial charge is 0.376 e. The van der Waals surface area contributed by atoms with E-state index in [0.717, 1.165) is 18.8 Å². The van der Waals surface area contributed by atoms with Gasteiger partial charge in [0.05, 0.1) is 0 Å². The van der Waals surface area contributed by atoms with Crippen LogP contribution in [0, 0.1) is 6.92 Å². The zero-order valence-corrected chi connectivity index (χ0v) is 10.3. The van der Waals surface area contributed by atoms with Crippen molar-refractivity contribution in [1.82, 2.24) is 0 Å². The quantitative estimate of drug-likeness (QED) is 0.772. The number of anilines is 2. The van der Waals surface area contributed by atoms with Crippen LogP contribution in [-0.4, -0.2) is 18.2 Å². The number of nitrogens with zero attached hydrogens (tertiary/aromatic N) is 1. The third-order valence-corrected chi connectivity index (χ3v) is 3.11. The Labute approximate surface area is 102 Å². The summed E-state index contributed by atoms with van der Waals surface area (Å²) in [6.45, 7) is 4.41. The highest BCUT2D eigenvalue weighted by Crippen LogP contribution is 2.29. The number of nitrogens with two attached hydrogens (primary N) is 1. The van der Waals surface area contributed by atoms with Crippen LogP contribution in [0.1, 0.15) is 18.4 Å². The van der Waals surface area contributed by atoms with Crippen molar-refractivity contribution in [3.63, 3.8) is 0 Å². The smallest absolute Gasteiger partial charge is 0.168 e. The molecule has 1 aromatic carbocycles. The van der Waals surface area contributed by atoms with Crippen LogP contribution in [0.4, 0.5) is 11.4 Å². The van der Waals surface area contributed by atoms with E-state index in [1.165, 1.54) is 24.1 Å². The summed E-state index contributed by atoms with van der Waals surface area (Å²) in [6, 6.07) is 6.21. The molecule has 3 N–H and O–H groups in total. The second-order valence-corrected chi connectivity index (χ2v) is 4.57. The number of hydrogen-bond donors (Lipinski definition) is 2. The minimum Gasteiger partial charge on any atom is -0.376 e. The third-order valence-electron chi connectivity index (χ3n) is 3.01. The van der Waals surface area contributed by atoms with Gasteiger partial charge < -0.3 is 16.0 Å². The molecule has 2 rings (SSSR count). The van der Waals surface area contributed by atoms with E-state index in [2.05, 4.69) is 23.2 Å². The number of nitrogens with one attached hydrogen (secondary N) is 1. The van der Waals surface area contributed by atoms with Crippen molar-refractivity contribution in [1.29, 1.82) is 0 Å². The average molecular weight is 235 g/mol. The Hall–Kier alpha value is -1.29. The van der Waals surface area contributed by atoms with Crippen molar-refractivity contribution in [2.75, 3.05) is 23.3 Å². The second-order valence-electron chi connectivity index (χ2n) is 4.13. The molecule has 0 aromatic heterocycles. The first-order valence-corrected chi connectivity index (χ1v) is 6.00. The van der Waals surface area contributed by atoms with Crippen LogP contribution in [0.3, 0.4) is 0 Å². The first kappa shape index (κ1) is 11.2. The van der Waals surface area contributed by atoms with Crippen LogP contribution in [0.2, 0.25) is 0 Å². The lowest BCUT2D eigenvalue weighted by Gasteiger charge is -2.22. The highest BCUT2D eigenvalue weighted by molar-refractivity contribution is 7.80. The van der Waals surface area contributed by atoms with E-state index < -0.39 is 0 Å². The van der Waals surface area contributed by atoms with Crippen LogP contribution < -0.4 is 16.0 Å². The minimum atomic E-state index is 0.321. The molecule has 86 valence electrons. The summed E-state index contributed by atoms with van der Waals surface area (Å²) >= 11 is 4.87. The molecule has 1 aliphatic rings. The Balaban J connectivity index is 2.28. The van der Waals surface area contributed by atoms with E-state index >= 15 is 0 Å². The maximum atomic E-state index is 5.50. The lowest BCUT2D eigenvalue weighted by molar-refractivity contribution is 0.949. The Kier molecular flexibility index (Phi) is 3.29. The van der Waals surface area contributed by atoms with E-state index in [-0.39, 0.29) is 0 Å². The summed E-state index contributed by atoms with van der Waals surface area (Å²) in [5, 5.41) is 3.34. The molecule has 1 saturated heterocycles. The number of hydrogen-bond acceptors (Lipinski definition) is 2. The number of thiocarbonyl (C=S) groups is 1. The van der Waals surface area contributed by atoms with Gasteiger partial charge in [0.15, 0.2) is 5.11 Å². The van der Waals surface area contributed by atoms with Gasteiger partial charge in [-0.3, -0.25) is 0 Å². The minimum absolute atomic E-state index is 0.321. The average Bonchev–Trinajstić information content (AvgIpc) is 2.73. The van der Waals surface area contributed by atoms with Gasteiger partial charge in [-0.15, -0.1) is 0 Å². The lowest BCUT2D eigenvalue weighted by atomic mass is 10.1. The van der Waals surface area contributed by atoms with Crippen molar-refractivity contribution in [3.8, 4) is 0 Å². The first-order valence-electron chi connectivity index (χ1n) is 5.59. The molecule has 1 heterocycles. The molecule has 3 nitrogen and oxygen atoms in total. The molecule has 0 atom stereocenters. The fraction of sp³-hybridized carbons (Fsp3) is 0.417. The normalized spacial score (nSPS) is 15.2. The van der Waals surface area contributed by atoms with Gasteiger partial charge in [-0.05, 0) is 49.7 Å². The molecule has 4 heteroatoms. The summed E-state index contributed by atoms with van der Waals surface area (Å²) in [5.74, 6) is 0. The molecule has 0 aliphatic carbocycles. The molecule has 0 bridgehead atoms. The van der Waals surface area contributed by atoms with Gasteiger partial charge in [0.25, 0.3) is 0 Å². The Morgan fingerprint density at radius 2 is 2.06 bits per heavy atom. The van der Waals surface area contributed by atoms with Gasteiger partial charge in [0, 0.05) is 24.5 Å². The van der Waals surface area contributed by atoms with Gasteiger partial charge in [0.2, 0.25) is 0 Å². The van der Waals surface area contributed by atoms with E-state index in [4.69, 9.17) is 18.0 Å². The summed E-state index contributed by atoms with van der Waals surface area (Å²) in [4.78, 5) is 2.42. The topological polar surface area (TPSA) is 41.3 Å². The Bertz CT molecular complexity index is 397. The fourth-order valence-corrected chi connectivity index (χ4v) is 2.30. The Morgan fingerprint density at radius 3 is 2.69 bits per heavy atom. The summed E-state index contributed by atoms with van der Waals surface area (Å²) < 4.78 is 0. The summed E-state index contributed by atoms with van der Waals surface area (Å²) in [5.41, 5.74) is 9.02. The maximum absolute atomic E-state index is 5.50. The maximum Gasteiger partial charge on any atom is 0.168 e. The van der Waals surface area contributed by atoms with Crippen LogP contribution >= 0.6 is 12.2 Å². The van der Waals surface area contributed by atoms with Gasteiger partial charge in [-0.1, -0.05) is 6.07 Å². The van der Waals surface area contributed by atoms with Gasteiger partial charge in [-0.25, -0.2) is 0 Å². The lowest BCUT2D eigenvalue weighted by Crippen LogP contribution is -2.22. The van der Waals surface area contributed by atoms with E-state index in [0.29, 0.717) is 5.11 Å². The SMILES string of the molecule is Cc1c(NC(N)=S)cccc1N1CCCC1. The molecule has 0 radical (unpaired) electrons. The van der Waals surface area contributed by atoms with Gasteiger partial charge in [-0.2, -0.15) is 0 Å². The fourth-order valence-electron chi connectivity index (χ4n) is 2.19. The molecule has 1 fully saturated rings. The van der Waals surface area contributed by atoms with Crippen LogP contribution in [0.15, 0.2) is 18.2 Å². The van der Waals surface area contributed by atoms with Crippen molar-refractivity contribution in [2.24, 2.45) is 5.73 Å². The Morgan fingerprint density at radius 1 is 1.38 bits per heavy atom. The standard InChI is InChI=1S/C12H17N3S/c1-9-10(14-12(13)16)5-4-6-11(9)15-7-2-3-8-15/h4-6H,2-3,7-8H2,1H3,(H3,13,14,16). The molecule has 0 amide bonds. The van der Waals surface area contributed by atoms with Gasteiger partial charge in [0.1, 0.15) is 0 Å². The zero-order valence-electron chi connectivity index (χ0n) is 9.49. The predicted molar refractivity (Wildman–Crippen MR) is 73.0 cm³/mol. The summed E-state index contributed by atoms with van der Waals surface area (Å²) in [7, 11) is 0. The number of rotatable bonds is 2. The molecule has 1 aromatic rings.